The second kappa shape index (κ2) is 1.78. The van der Waals surface area contributed by atoms with Gasteiger partial charge in [0.05, 0.1) is 0 Å². The van der Waals surface area contributed by atoms with Gasteiger partial charge in [0.25, 0.3) is 12.4 Å². The third-order valence-electron chi connectivity index (χ3n) is 0.877. The molecule has 0 aromatic heterocycles. The van der Waals surface area contributed by atoms with Gasteiger partial charge in [-0.2, -0.15) is 0 Å². The number of hydrogen-bond acceptors (Lipinski definition) is 0. The van der Waals surface area contributed by atoms with Gasteiger partial charge in [-0.3, -0.25) is 0 Å². The van der Waals surface area contributed by atoms with E-state index in [1.807, 2.05) is 12.4 Å². The van der Waals surface area contributed by atoms with E-state index in [2.05, 4.69) is 4.67 Å². The number of rotatable bonds is 0. The average Bonchev–Trinajstić information content (AvgIpc) is 1.72. The zero-order valence-electron chi connectivity index (χ0n) is 3.72. The van der Waals surface area contributed by atoms with Crippen LogP contribution in [-0.4, -0.2) is 12.4 Å². The molecule has 0 aromatic rings. The smallest absolute Gasteiger partial charge is 0.111 e. The molecule has 0 radical (unpaired) electrons. The Kier molecular flexibility index (Phi) is 1.08. The Labute approximate surface area is 37.4 Å². The lowest BCUT2D eigenvalue weighted by atomic mass is 10.2. The van der Waals surface area contributed by atoms with Crippen molar-refractivity contribution in [1.82, 2.24) is 4.67 Å². The molecular formula is C5H8N+. The minimum Gasteiger partial charge on any atom is -0.111 e. The largest absolute Gasteiger partial charge is 0.268 e. The minimum absolute atomic E-state index is 1.18. The van der Waals surface area contributed by atoms with Crippen molar-refractivity contribution in [2.24, 2.45) is 0 Å². The molecular weight excluding hydrogens is 74.1 g/mol. The van der Waals surface area contributed by atoms with E-state index in [0.29, 0.717) is 0 Å². The summed E-state index contributed by atoms with van der Waals surface area (Å²) in [6.07, 6.45) is 7.57. The predicted octanol–water partition coefficient (Wildman–Crippen LogP) is 0.379. The third kappa shape index (κ3) is 0.697. The average molecular weight is 82.1 g/mol. The summed E-state index contributed by atoms with van der Waals surface area (Å²) < 4.78 is 3.93. The fraction of sp³-hybridized carbons (Fsp3) is 0.600. The lowest BCUT2D eigenvalue weighted by molar-refractivity contribution is 0.927. The van der Waals surface area contributed by atoms with Crippen LogP contribution in [-0.2, 0) is 0 Å². The Balaban J connectivity index is 2.53. The molecule has 1 heterocycles. The van der Waals surface area contributed by atoms with E-state index in [0.717, 1.165) is 0 Å². The molecule has 1 aliphatic rings. The summed E-state index contributed by atoms with van der Waals surface area (Å²) in [5, 5.41) is 0. The first-order valence-electron chi connectivity index (χ1n) is 2.33. The maximum atomic E-state index is 3.93. The van der Waals surface area contributed by atoms with Crippen LogP contribution in [0.3, 0.4) is 0 Å². The van der Waals surface area contributed by atoms with Gasteiger partial charge in [-0.15, -0.1) is 4.67 Å². The summed E-state index contributed by atoms with van der Waals surface area (Å²) in [7, 11) is 0. The molecule has 0 bridgehead atoms. The first-order chi connectivity index (χ1) is 3.00. The molecule has 0 saturated heterocycles. The Morgan fingerprint density at radius 3 is 2.00 bits per heavy atom. The summed E-state index contributed by atoms with van der Waals surface area (Å²) in [6.45, 7) is 0. The van der Waals surface area contributed by atoms with Crippen molar-refractivity contribution in [1.29, 1.82) is 0 Å². The Morgan fingerprint density at radius 2 is 1.83 bits per heavy atom. The highest BCUT2D eigenvalue weighted by Crippen LogP contribution is 1.88. The lowest BCUT2D eigenvalue weighted by Crippen LogP contribution is -1.91. The highest BCUT2D eigenvalue weighted by atomic mass is 14.5. The number of hydrogen-bond donors (Lipinski definition) is 0. The maximum absolute atomic E-state index is 3.93. The van der Waals surface area contributed by atoms with Crippen molar-refractivity contribution in [3.63, 3.8) is 0 Å². The van der Waals surface area contributed by atoms with Crippen molar-refractivity contribution in [3.8, 4) is 0 Å². The van der Waals surface area contributed by atoms with Crippen molar-refractivity contribution in [2.75, 3.05) is 0 Å². The molecule has 1 aliphatic heterocycles. The molecule has 0 fully saturated rings. The van der Waals surface area contributed by atoms with E-state index >= 15 is 0 Å². The van der Waals surface area contributed by atoms with E-state index in [4.69, 9.17) is 0 Å². The molecule has 0 aliphatic carbocycles. The van der Waals surface area contributed by atoms with Crippen LogP contribution in [0.15, 0.2) is 0 Å². The van der Waals surface area contributed by atoms with E-state index in [1.165, 1.54) is 19.3 Å². The fourth-order valence-electron chi connectivity index (χ4n) is 0.524. The van der Waals surface area contributed by atoms with Gasteiger partial charge in [0.15, 0.2) is 0 Å². The molecule has 1 nitrogen and oxygen atoms in total. The van der Waals surface area contributed by atoms with Crippen LogP contribution in [0.1, 0.15) is 19.3 Å². The molecule has 0 spiro atoms. The summed E-state index contributed by atoms with van der Waals surface area (Å²) >= 11 is 0. The normalized spacial score (nSPS) is 18.7. The van der Waals surface area contributed by atoms with Crippen molar-refractivity contribution in [3.05, 3.63) is 0 Å². The van der Waals surface area contributed by atoms with Gasteiger partial charge < -0.3 is 0 Å². The summed E-state index contributed by atoms with van der Waals surface area (Å²) in [5.74, 6) is 0. The van der Waals surface area contributed by atoms with E-state index in [-0.39, 0.29) is 0 Å². The van der Waals surface area contributed by atoms with Crippen LogP contribution in [0, 0.1) is 0 Å². The molecule has 0 aromatic carbocycles. The van der Waals surface area contributed by atoms with Gasteiger partial charge in [-0.25, -0.2) is 0 Å². The lowest BCUT2D eigenvalue weighted by Gasteiger charge is -1.78. The Bertz CT molecular complexity index is 80.1. The zero-order chi connectivity index (χ0) is 4.24. The monoisotopic (exact) mass is 82.1 g/mol. The summed E-state index contributed by atoms with van der Waals surface area (Å²) in [4.78, 5) is 0. The molecule has 6 heavy (non-hydrogen) atoms. The standard InChI is InChI=1S/C5H8N/c1-2-4-6-5-3-1/h4-5H,1-3H2/q+1. The SMILES string of the molecule is C1=[N+]=CCCC1. The number of nitrogens with zero attached hydrogens (tertiary/aromatic N) is 1. The quantitative estimate of drug-likeness (QED) is 0.375. The molecule has 0 atom stereocenters. The van der Waals surface area contributed by atoms with Gasteiger partial charge in [0.1, 0.15) is 0 Å². The van der Waals surface area contributed by atoms with Crippen LogP contribution < -0.4 is 4.67 Å². The second-order valence-electron chi connectivity index (χ2n) is 1.45. The van der Waals surface area contributed by atoms with Crippen LogP contribution in [0.5, 0.6) is 0 Å². The van der Waals surface area contributed by atoms with E-state index in [1.54, 1.807) is 0 Å². The van der Waals surface area contributed by atoms with Gasteiger partial charge in [0, 0.05) is 12.8 Å². The van der Waals surface area contributed by atoms with Crippen LogP contribution >= 0.6 is 0 Å². The highest BCUT2D eigenvalue weighted by molar-refractivity contribution is 5.68. The molecule has 1 rings (SSSR count). The third-order valence-corrected chi connectivity index (χ3v) is 0.877. The predicted molar refractivity (Wildman–Crippen MR) is 28.1 cm³/mol. The summed E-state index contributed by atoms with van der Waals surface area (Å²) in [5.41, 5.74) is 0. The Hall–Kier alpha value is -0.550. The van der Waals surface area contributed by atoms with Crippen molar-refractivity contribution >= 4 is 12.4 Å². The first kappa shape index (κ1) is 3.63. The zero-order valence-corrected chi connectivity index (χ0v) is 3.72. The molecule has 32 valence electrons. The van der Waals surface area contributed by atoms with Gasteiger partial charge >= 0.3 is 0 Å². The van der Waals surface area contributed by atoms with Crippen molar-refractivity contribution < 1.29 is 0 Å². The maximum Gasteiger partial charge on any atom is 0.268 e. The highest BCUT2D eigenvalue weighted by Gasteiger charge is 1.93. The van der Waals surface area contributed by atoms with Gasteiger partial charge in [-0.1, -0.05) is 0 Å². The van der Waals surface area contributed by atoms with Crippen LogP contribution in [0.4, 0.5) is 0 Å². The Morgan fingerprint density at radius 1 is 1.17 bits per heavy atom. The van der Waals surface area contributed by atoms with Gasteiger partial charge in [-0.05, 0) is 6.42 Å². The first-order valence-corrected chi connectivity index (χ1v) is 2.33. The molecule has 0 saturated carbocycles. The molecule has 0 N–H and O–H groups in total. The van der Waals surface area contributed by atoms with Crippen molar-refractivity contribution in [2.45, 2.75) is 19.3 Å². The summed E-state index contributed by atoms with van der Waals surface area (Å²) in [6, 6.07) is 0. The fourth-order valence-corrected chi connectivity index (χ4v) is 0.524. The van der Waals surface area contributed by atoms with E-state index in [9.17, 15) is 0 Å². The van der Waals surface area contributed by atoms with E-state index < -0.39 is 0 Å². The topological polar surface area (TPSA) is 14.1 Å². The molecule has 0 unspecified atom stereocenters. The molecule has 0 amide bonds. The molecule has 1 heteroatoms. The second-order valence-corrected chi connectivity index (χ2v) is 1.45. The van der Waals surface area contributed by atoms with Gasteiger partial charge in [0.2, 0.25) is 0 Å². The minimum atomic E-state index is 1.18. The van der Waals surface area contributed by atoms with Crippen LogP contribution in [0.25, 0.3) is 0 Å². The van der Waals surface area contributed by atoms with Crippen LogP contribution in [0.2, 0.25) is 0 Å².